The van der Waals surface area contributed by atoms with Crippen LogP contribution in [-0.2, 0) is 38.9 Å². The summed E-state index contributed by atoms with van der Waals surface area (Å²) in [6, 6.07) is 25.6. The maximum absolute atomic E-state index is 12.2. The van der Waals surface area contributed by atoms with Gasteiger partial charge >= 0.3 is 5.97 Å². The minimum absolute atomic E-state index is 0. The zero-order chi connectivity index (χ0) is 16.1. The summed E-state index contributed by atoms with van der Waals surface area (Å²) < 4.78 is 5.39. The molecule has 0 bridgehead atoms. The summed E-state index contributed by atoms with van der Waals surface area (Å²) in [4.78, 5) is 12.2. The summed E-state index contributed by atoms with van der Waals surface area (Å²) in [6.45, 7) is 0. The standard InChI is InChI=1S/C20H16O2P.Y/c21-20(22-19-12-6-15(14-23)7-13-19)18-10-8-17(9-11-18)16-4-2-1-3-5-16;/h2-13H,14,23H2;/q-1;. The first-order valence-electron chi connectivity index (χ1n) is 7.34. The van der Waals surface area contributed by atoms with Crippen LogP contribution in [0.4, 0.5) is 0 Å². The minimum Gasteiger partial charge on any atom is -0.423 e. The molecule has 2 nitrogen and oxygen atoms in total. The number of benzene rings is 3. The van der Waals surface area contributed by atoms with Crippen LogP contribution >= 0.6 is 9.24 Å². The number of carbonyl (C=O) groups is 1. The van der Waals surface area contributed by atoms with Crippen LogP contribution in [0.5, 0.6) is 5.75 Å². The van der Waals surface area contributed by atoms with E-state index >= 15 is 0 Å². The Labute approximate surface area is 169 Å². The van der Waals surface area contributed by atoms with E-state index in [4.69, 9.17) is 4.74 Å². The van der Waals surface area contributed by atoms with Crippen LogP contribution in [0.2, 0.25) is 0 Å². The van der Waals surface area contributed by atoms with Crippen LogP contribution < -0.4 is 4.74 Å². The van der Waals surface area contributed by atoms with Gasteiger partial charge in [0, 0.05) is 32.7 Å². The predicted octanol–water partition coefficient (Wildman–Crippen LogP) is 4.75. The van der Waals surface area contributed by atoms with E-state index < -0.39 is 0 Å². The van der Waals surface area contributed by atoms with Crippen LogP contribution in [0.25, 0.3) is 11.1 Å². The van der Waals surface area contributed by atoms with Crippen LogP contribution in [0.3, 0.4) is 0 Å². The third kappa shape index (κ3) is 4.83. The Kier molecular flexibility index (Phi) is 7.30. The summed E-state index contributed by atoms with van der Waals surface area (Å²) in [6.07, 6.45) is 0.882. The first-order chi connectivity index (χ1) is 11.3. The molecule has 0 N–H and O–H groups in total. The molecule has 0 spiro atoms. The normalized spacial score (nSPS) is 9.88. The van der Waals surface area contributed by atoms with E-state index in [0.29, 0.717) is 11.3 Å². The molecule has 117 valence electrons. The van der Waals surface area contributed by atoms with Crippen molar-refractivity contribution in [2.24, 2.45) is 0 Å². The van der Waals surface area contributed by atoms with Crippen molar-refractivity contribution in [3.63, 3.8) is 0 Å². The number of hydrogen-bond donors (Lipinski definition) is 0. The Hall–Kier alpha value is -1.34. The average Bonchev–Trinajstić information content (AvgIpc) is 2.63. The molecule has 1 radical (unpaired) electrons. The van der Waals surface area contributed by atoms with Crippen molar-refractivity contribution in [2.75, 3.05) is 0 Å². The van der Waals surface area contributed by atoms with Crippen molar-refractivity contribution in [1.29, 1.82) is 0 Å². The zero-order valence-corrected chi connectivity index (χ0v) is 17.1. The van der Waals surface area contributed by atoms with Gasteiger partial charge in [-0.25, -0.2) is 4.79 Å². The van der Waals surface area contributed by atoms with E-state index in [2.05, 4.69) is 15.3 Å². The largest absolute Gasteiger partial charge is 0.423 e. The Morgan fingerprint density at radius 2 is 1.46 bits per heavy atom. The molecule has 3 rings (SSSR count). The number of esters is 1. The summed E-state index contributed by atoms with van der Waals surface area (Å²) in [7, 11) is 2.67. The third-order valence-electron chi connectivity index (χ3n) is 3.54. The molecule has 0 saturated heterocycles. The van der Waals surface area contributed by atoms with Gasteiger partial charge in [-0.15, -0.1) is 14.8 Å². The number of carbonyl (C=O) groups excluding carboxylic acids is 1. The molecule has 24 heavy (non-hydrogen) atoms. The van der Waals surface area contributed by atoms with Crippen molar-refractivity contribution in [3.8, 4) is 16.9 Å². The van der Waals surface area contributed by atoms with Gasteiger partial charge < -0.3 is 4.74 Å². The topological polar surface area (TPSA) is 26.3 Å². The molecule has 3 aromatic rings. The molecule has 0 aliphatic rings. The van der Waals surface area contributed by atoms with Crippen molar-refractivity contribution < 1.29 is 42.2 Å². The molecular formula is C20H16O2PY-. The van der Waals surface area contributed by atoms with Crippen LogP contribution in [-0.4, -0.2) is 5.97 Å². The molecule has 0 heterocycles. The first-order valence-corrected chi connectivity index (χ1v) is 8.15. The van der Waals surface area contributed by atoms with Crippen molar-refractivity contribution >= 4 is 15.2 Å². The van der Waals surface area contributed by atoms with Gasteiger partial charge in [0.25, 0.3) is 0 Å². The Balaban J connectivity index is 0.00000208. The summed E-state index contributed by atoms with van der Waals surface area (Å²) >= 11 is 0. The minimum atomic E-state index is -0.350. The van der Waals surface area contributed by atoms with E-state index in [1.807, 2.05) is 60.7 Å². The molecule has 0 aliphatic carbocycles. The SMILES string of the molecule is O=C(Oc1ccc(CP)cc1)c1ccc(-c2cc[c-]cc2)cc1.[Y]. The Morgan fingerprint density at radius 3 is 2.04 bits per heavy atom. The third-order valence-corrected chi connectivity index (χ3v) is 4.01. The molecule has 0 fully saturated rings. The van der Waals surface area contributed by atoms with Gasteiger partial charge in [0.2, 0.25) is 0 Å². The molecule has 4 heteroatoms. The number of hydrogen-bond acceptors (Lipinski definition) is 2. The van der Waals surface area contributed by atoms with E-state index in [9.17, 15) is 4.79 Å². The monoisotopic (exact) mass is 408 g/mol. The van der Waals surface area contributed by atoms with Crippen LogP contribution in [0.1, 0.15) is 15.9 Å². The van der Waals surface area contributed by atoms with Crippen LogP contribution in [0, 0.1) is 6.07 Å². The zero-order valence-electron chi connectivity index (χ0n) is 13.1. The van der Waals surface area contributed by atoms with E-state index in [1.165, 1.54) is 5.56 Å². The van der Waals surface area contributed by atoms with Gasteiger partial charge in [-0.3, -0.25) is 0 Å². The van der Waals surface area contributed by atoms with Crippen LogP contribution in [0.15, 0.2) is 72.8 Å². The van der Waals surface area contributed by atoms with Gasteiger partial charge in [-0.1, -0.05) is 24.3 Å². The molecule has 0 amide bonds. The van der Waals surface area contributed by atoms with Crippen molar-refractivity contribution in [2.45, 2.75) is 6.16 Å². The molecule has 3 aromatic carbocycles. The average molecular weight is 408 g/mol. The maximum Gasteiger partial charge on any atom is 0.343 e. The van der Waals surface area contributed by atoms with E-state index in [-0.39, 0.29) is 38.7 Å². The molecule has 0 aromatic heterocycles. The molecule has 1 atom stereocenters. The van der Waals surface area contributed by atoms with Gasteiger partial charge in [0.05, 0.1) is 5.56 Å². The molecule has 0 aliphatic heterocycles. The predicted molar refractivity (Wildman–Crippen MR) is 95.5 cm³/mol. The Morgan fingerprint density at radius 1 is 0.875 bits per heavy atom. The van der Waals surface area contributed by atoms with Gasteiger partial charge in [-0.2, -0.15) is 30.3 Å². The molecular weight excluding hydrogens is 392 g/mol. The van der Waals surface area contributed by atoms with Gasteiger partial charge in [0.1, 0.15) is 5.75 Å². The maximum atomic E-state index is 12.2. The fraction of sp³-hybridized carbons (Fsp3) is 0.0500. The summed E-state index contributed by atoms with van der Waals surface area (Å²) in [5.74, 6) is 0.205. The fourth-order valence-electron chi connectivity index (χ4n) is 2.24. The number of rotatable bonds is 4. The quantitative estimate of drug-likeness (QED) is 0.270. The van der Waals surface area contributed by atoms with Crippen molar-refractivity contribution in [3.05, 3.63) is 90.0 Å². The van der Waals surface area contributed by atoms with Gasteiger partial charge in [0.15, 0.2) is 0 Å². The van der Waals surface area contributed by atoms with Crippen molar-refractivity contribution in [1.82, 2.24) is 0 Å². The molecule has 1 unspecified atom stereocenters. The second kappa shape index (κ2) is 9.23. The fourth-order valence-corrected chi connectivity index (χ4v) is 2.51. The summed E-state index contributed by atoms with van der Waals surface area (Å²) in [5.41, 5.74) is 3.86. The second-order valence-electron chi connectivity index (χ2n) is 5.10. The van der Waals surface area contributed by atoms with E-state index in [1.54, 1.807) is 12.1 Å². The second-order valence-corrected chi connectivity index (χ2v) is 5.51. The smallest absolute Gasteiger partial charge is 0.343 e. The summed E-state index contributed by atoms with van der Waals surface area (Å²) in [5, 5.41) is 0. The van der Waals surface area contributed by atoms with E-state index in [0.717, 1.165) is 17.3 Å². The molecule has 0 saturated carbocycles. The Bertz CT molecular complexity index is 784. The number of ether oxygens (including phenoxy) is 1. The van der Waals surface area contributed by atoms with Gasteiger partial charge in [-0.05, 0) is 41.6 Å². The first kappa shape index (κ1) is 19.0.